The van der Waals surface area contributed by atoms with E-state index in [1.165, 1.54) is 36.4 Å². The van der Waals surface area contributed by atoms with E-state index in [9.17, 15) is 23.2 Å². The van der Waals surface area contributed by atoms with Crippen LogP contribution >= 0.6 is 0 Å². The maximum Gasteiger partial charge on any atom is 0.470 e. The first-order valence-corrected chi connectivity index (χ1v) is 12.2. The SMILES string of the molecule is COCCn1ncn(-c2ccc(-c3cnc(N4CCC(c5nnc(C(F)(F)F)o5)CC4)c(C#N)c3)cc2F)c1=O. The molecule has 4 aromatic rings. The Balaban J connectivity index is 1.31. The minimum absolute atomic E-state index is 0.0222. The molecule has 0 aliphatic carbocycles. The van der Waals surface area contributed by atoms with Gasteiger partial charge in [-0.25, -0.2) is 23.4 Å². The molecule has 15 heteroatoms. The van der Waals surface area contributed by atoms with E-state index in [2.05, 4.69) is 26.3 Å². The number of ether oxygens (including phenoxy) is 1. The molecular formula is C25H22F4N8O3. The van der Waals surface area contributed by atoms with Gasteiger partial charge in [0.1, 0.15) is 24.0 Å². The van der Waals surface area contributed by atoms with E-state index in [4.69, 9.17) is 9.15 Å². The minimum Gasteiger partial charge on any atom is -0.417 e. The molecule has 0 spiro atoms. The third kappa shape index (κ3) is 5.30. The van der Waals surface area contributed by atoms with Crippen molar-refractivity contribution in [2.75, 3.05) is 31.7 Å². The van der Waals surface area contributed by atoms with Gasteiger partial charge in [-0.3, -0.25) is 0 Å². The molecule has 0 amide bonds. The lowest BCUT2D eigenvalue weighted by molar-refractivity contribution is -0.157. The lowest BCUT2D eigenvalue weighted by atomic mass is 9.96. The Hall–Kier alpha value is -4.58. The molecule has 1 aromatic carbocycles. The molecule has 40 heavy (non-hydrogen) atoms. The zero-order valence-corrected chi connectivity index (χ0v) is 21.1. The van der Waals surface area contributed by atoms with Gasteiger partial charge in [-0.2, -0.15) is 23.5 Å². The van der Waals surface area contributed by atoms with Crippen LogP contribution in [0.1, 0.15) is 36.1 Å². The number of pyridine rings is 1. The van der Waals surface area contributed by atoms with Gasteiger partial charge in [-0.1, -0.05) is 6.07 Å². The van der Waals surface area contributed by atoms with Crippen molar-refractivity contribution in [2.45, 2.75) is 31.5 Å². The van der Waals surface area contributed by atoms with Crippen LogP contribution in [0.5, 0.6) is 0 Å². The summed E-state index contributed by atoms with van der Waals surface area (Å²) in [4.78, 5) is 18.8. The van der Waals surface area contributed by atoms with Crippen LogP contribution in [0.15, 0.2) is 46.0 Å². The van der Waals surface area contributed by atoms with Crippen LogP contribution in [0.3, 0.4) is 0 Å². The smallest absolute Gasteiger partial charge is 0.417 e. The highest BCUT2D eigenvalue weighted by atomic mass is 19.4. The Morgan fingerprint density at radius 3 is 2.60 bits per heavy atom. The van der Waals surface area contributed by atoms with E-state index in [1.54, 1.807) is 12.1 Å². The largest absolute Gasteiger partial charge is 0.470 e. The van der Waals surface area contributed by atoms with Gasteiger partial charge >= 0.3 is 17.8 Å². The average molecular weight is 558 g/mol. The van der Waals surface area contributed by atoms with Gasteiger partial charge in [-0.15, -0.1) is 10.2 Å². The molecule has 3 aromatic heterocycles. The van der Waals surface area contributed by atoms with Crippen LogP contribution in [0, 0.1) is 17.1 Å². The highest BCUT2D eigenvalue weighted by Gasteiger charge is 2.39. The minimum atomic E-state index is -4.70. The van der Waals surface area contributed by atoms with E-state index in [0.29, 0.717) is 42.9 Å². The highest BCUT2D eigenvalue weighted by Crippen LogP contribution is 2.34. The van der Waals surface area contributed by atoms with Gasteiger partial charge in [0.15, 0.2) is 0 Å². The summed E-state index contributed by atoms with van der Waals surface area (Å²) in [6.07, 6.45) is -1.09. The van der Waals surface area contributed by atoms with Crippen LogP contribution in [0.4, 0.5) is 23.4 Å². The number of nitriles is 1. The van der Waals surface area contributed by atoms with Gasteiger partial charge in [0, 0.05) is 37.9 Å². The molecule has 1 aliphatic rings. The molecule has 0 unspecified atom stereocenters. The quantitative estimate of drug-likeness (QED) is 0.313. The Bertz CT molecular complexity index is 1610. The lowest BCUT2D eigenvalue weighted by Crippen LogP contribution is -2.34. The van der Waals surface area contributed by atoms with Crippen LogP contribution in [-0.4, -0.2) is 56.3 Å². The maximum atomic E-state index is 15.1. The van der Waals surface area contributed by atoms with Gasteiger partial charge in [0.05, 0.1) is 24.4 Å². The van der Waals surface area contributed by atoms with Gasteiger partial charge in [0.25, 0.3) is 0 Å². The lowest BCUT2D eigenvalue weighted by Gasteiger charge is -2.31. The average Bonchev–Trinajstić information content (AvgIpc) is 3.59. The number of rotatable bonds is 7. The number of alkyl halides is 3. The van der Waals surface area contributed by atoms with Crippen molar-refractivity contribution in [3.05, 3.63) is 70.4 Å². The zero-order valence-electron chi connectivity index (χ0n) is 21.1. The van der Waals surface area contributed by atoms with Gasteiger partial charge < -0.3 is 14.1 Å². The highest BCUT2D eigenvalue weighted by molar-refractivity contribution is 5.69. The summed E-state index contributed by atoms with van der Waals surface area (Å²) in [5, 5.41) is 20.4. The molecule has 11 nitrogen and oxygen atoms in total. The van der Waals surface area contributed by atoms with Crippen LogP contribution < -0.4 is 10.6 Å². The van der Waals surface area contributed by atoms with Crippen LogP contribution in [-0.2, 0) is 17.5 Å². The Morgan fingerprint density at radius 2 is 1.95 bits per heavy atom. The van der Waals surface area contributed by atoms with E-state index < -0.39 is 23.6 Å². The fraction of sp³-hybridized carbons (Fsp3) is 0.360. The van der Waals surface area contributed by atoms with Gasteiger partial charge in [0.2, 0.25) is 5.89 Å². The number of aromatic nitrogens is 6. The second-order valence-electron chi connectivity index (χ2n) is 9.08. The molecule has 5 rings (SSSR count). The second-order valence-corrected chi connectivity index (χ2v) is 9.08. The first-order chi connectivity index (χ1) is 19.2. The number of hydrogen-bond acceptors (Lipinski definition) is 9. The maximum absolute atomic E-state index is 15.1. The number of piperidine rings is 1. The summed E-state index contributed by atoms with van der Waals surface area (Å²) < 4.78 is 65.4. The summed E-state index contributed by atoms with van der Waals surface area (Å²) in [5.41, 5.74) is 0.717. The van der Waals surface area contributed by atoms with E-state index in [1.807, 2.05) is 4.90 Å². The second kappa shape index (κ2) is 10.9. The Morgan fingerprint density at radius 1 is 1.18 bits per heavy atom. The molecule has 0 radical (unpaired) electrons. The standard InChI is InChI=1S/C25H22F4N8O3/c1-39-9-8-37-24(38)36(14-32-37)20-3-2-16(11-19(20)26)18-10-17(12-30)21(31-13-18)35-6-4-15(5-7-35)22-33-34-23(40-22)25(27,28)29/h2-3,10-11,13-15H,4-9H2,1H3. The van der Waals surface area contributed by atoms with Crippen LogP contribution in [0.2, 0.25) is 0 Å². The van der Waals surface area contributed by atoms with E-state index in [0.717, 1.165) is 4.57 Å². The molecule has 0 atom stereocenters. The predicted octanol–water partition coefficient (Wildman–Crippen LogP) is 3.54. The van der Waals surface area contributed by atoms with Crippen LogP contribution in [0.25, 0.3) is 16.8 Å². The van der Waals surface area contributed by atoms with Crippen molar-refractivity contribution in [3.63, 3.8) is 0 Å². The summed E-state index contributed by atoms with van der Waals surface area (Å²) in [5.74, 6) is -2.03. The first-order valence-electron chi connectivity index (χ1n) is 12.2. The fourth-order valence-electron chi connectivity index (χ4n) is 4.52. The number of benzene rings is 1. The van der Waals surface area contributed by atoms with E-state index >= 15 is 4.39 Å². The Kier molecular flexibility index (Phi) is 7.35. The number of anilines is 1. The monoisotopic (exact) mass is 558 g/mol. The predicted molar refractivity (Wildman–Crippen MR) is 131 cm³/mol. The van der Waals surface area contributed by atoms with Crippen molar-refractivity contribution in [1.29, 1.82) is 5.26 Å². The first kappa shape index (κ1) is 27.0. The molecular weight excluding hydrogens is 536 g/mol. The summed E-state index contributed by atoms with van der Waals surface area (Å²) in [6.45, 7) is 1.32. The molecule has 1 aliphatic heterocycles. The molecule has 1 fully saturated rings. The molecule has 0 saturated carbocycles. The number of methoxy groups -OCH3 is 1. The number of hydrogen-bond donors (Lipinski definition) is 0. The number of nitrogens with zero attached hydrogens (tertiary/aromatic N) is 8. The fourth-order valence-corrected chi connectivity index (χ4v) is 4.52. The third-order valence-corrected chi connectivity index (χ3v) is 6.60. The van der Waals surface area contributed by atoms with Crippen molar-refractivity contribution >= 4 is 5.82 Å². The Labute approximate surface area is 224 Å². The third-order valence-electron chi connectivity index (χ3n) is 6.60. The molecule has 0 N–H and O–H groups in total. The summed E-state index contributed by atoms with van der Waals surface area (Å²) >= 11 is 0. The van der Waals surface area contributed by atoms with Crippen molar-refractivity contribution in [3.8, 4) is 22.9 Å². The molecule has 208 valence electrons. The zero-order chi connectivity index (χ0) is 28.4. The molecule has 1 saturated heterocycles. The van der Waals surface area contributed by atoms with Crippen molar-refractivity contribution in [1.82, 2.24) is 29.5 Å². The number of halogens is 4. The topological polar surface area (TPSA) is 128 Å². The molecule has 0 bridgehead atoms. The van der Waals surface area contributed by atoms with Crippen molar-refractivity contribution < 1.29 is 26.7 Å². The van der Waals surface area contributed by atoms with Crippen molar-refractivity contribution in [2.24, 2.45) is 0 Å². The normalized spacial score (nSPS) is 14.4. The summed E-state index contributed by atoms with van der Waals surface area (Å²) in [7, 11) is 1.50. The van der Waals surface area contributed by atoms with E-state index in [-0.39, 0.29) is 36.2 Å². The van der Waals surface area contributed by atoms with Gasteiger partial charge in [-0.05, 0) is 36.6 Å². The summed E-state index contributed by atoms with van der Waals surface area (Å²) in [6, 6.07) is 8.01. The molecule has 4 heterocycles.